The van der Waals surface area contributed by atoms with E-state index in [0.717, 1.165) is 34.4 Å². The minimum Gasteiger partial charge on any atom is -0.387 e. The normalized spacial score (nSPS) is 14.2. The lowest BCUT2D eigenvalue weighted by atomic mass is 10.1. The maximum Gasteiger partial charge on any atom is 0.0996 e. The molecule has 4 nitrogen and oxygen atoms in total. The lowest BCUT2D eigenvalue weighted by molar-refractivity contribution is 0.959. The fourth-order valence-corrected chi connectivity index (χ4v) is 4.64. The highest BCUT2D eigenvalue weighted by atomic mass is 15.0. The molecule has 1 aliphatic rings. The zero-order valence-electron chi connectivity index (χ0n) is 18.7. The molecule has 3 heterocycles. The van der Waals surface area contributed by atoms with Crippen LogP contribution in [-0.4, -0.2) is 22.0 Å². The molecule has 4 heteroatoms. The Labute approximate surface area is 198 Å². The summed E-state index contributed by atoms with van der Waals surface area (Å²) in [5.41, 5.74) is 6.62. The van der Waals surface area contributed by atoms with Crippen LogP contribution in [0.25, 0.3) is 38.4 Å². The second-order valence-electron chi connectivity index (χ2n) is 8.30. The quantitative estimate of drug-likeness (QED) is 0.184. The third-order valence-corrected chi connectivity index (χ3v) is 6.30. The first-order valence-corrected chi connectivity index (χ1v) is 11.4. The van der Waals surface area contributed by atoms with Crippen molar-refractivity contribution in [3.05, 3.63) is 127 Å². The number of rotatable bonds is 5. The van der Waals surface area contributed by atoms with Crippen LogP contribution in [0.4, 0.5) is 0 Å². The molecule has 0 fully saturated rings. The fourth-order valence-electron chi connectivity index (χ4n) is 4.64. The van der Waals surface area contributed by atoms with E-state index in [2.05, 4.69) is 106 Å². The molecule has 0 spiro atoms. The average Bonchev–Trinajstić information content (AvgIpc) is 3.45. The molecule has 164 valence electrons. The first-order valence-electron chi connectivity index (χ1n) is 11.4. The zero-order chi connectivity index (χ0) is 22.9. The molecule has 5 aromatic rings. The Balaban J connectivity index is 1.53. The van der Waals surface area contributed by atoms with Gasteiger partial charge in [0.15, 0.2) is 0 Å². The van der Waals surface area contributed by atoms with Crippen molar-refractivity contribution in [2.45, 2.75) is 0 Å². The first kappa shape index (κ1) is 20.1. The topological polar surface area (TPSA) is 34.2 Å². The number of nitrogens with one attached hydrogen (secondary N) is 1. The van der Waals surface area contributed by atoms with Gasteiger partial charge in [0.2, 0.25) is 0 Å². The highest BCUT2D eigenvalue weighted by molar-refractivity contribution is 6.15. The number of allylic oxidation sites excluding steroid dienone is 4. The van der Waals surface area contributed by atoms with E-state index in [0.29, 0.717) is 0 Å². The van der Waals surface area contributed by atoms with Gasteiger partial charge in [0.05, 0.1) is 22.9 Å². The molecule has 2 aromatic heterocycles. The van der Waals surface area contributed by atoms with Gasteiger partial charge in [-0.2, -0.15) is 0 Å². The summed E-state index contributed by atoms with van der Waals surface area (Å²) in [6.07, 6.45) is 13.9. The van der Waals surface area contributed by atoms with Crippen molar-refractivity contribution in [2.24, 2.45) is 4.99 Å². The van der Waals surface area contributed by atoms with Crippen LogP contribution in [0.2, 0.25) is 0 Å². The van der Waals surface area contributed by atoms with Crippen LogP contribution >= 0.6 is 0 Å². The molecular weight excluding hydrogens is 416 g/mol. The van der Waals surface area contributed by atoms with Crippen LogP contribution in [0.5, 0.6) is 0 Å². The summed E-state index contributed by atoms with van der Waals surface area (Å²) in [6, 6.07) is 25.7. The summed E-state index contributed by atoms with van der Waals surface area (Å²) in [6.45, 7) is 4.81. The van der Waals surface area contributed by atoms with E-state index in [4.69, 9.17) is 4.99 Å². The number of fused-ring (bicyclic) bond motifs is 4. The second kappa shape index (κ2) is 8.41. The summed E-state index contributed by atoms with van der Waals surface area (Å²) < 4.78 is 4.41. The minimum atomic E-state index is 0.845. The monoisotopic (exact) mass is 440 g/mol. The predicted molar refractivity (Wildman–Crippen MR) is 144 cm³/mol. The standard InChI is InChI=1S/C30H24N4/c1-2-22(24-9-8-15-31-20-24)19-32-21-34-28-13-7-6-12-26(28)27-17-23-14-16-33(29(23)18-30(27)34)25-10-4-3-5-11-25/h2-14,16-21,31H,1,15H2/b22-19+,32-21?. The van der Waals surface area contributed by atoms with Gasteiger partial charge < -0.3 is 9.88 Å². The molecule has 0 atom stereocenters. The molecule has 0 amide bonds. The van der Waals surface area contributed by atoms with Crippen LogP contribution in [0.15, 0.2) is 132 Å². The Kier molecular flexibility index (Phi) is 4.96. The SMILES string of the molecule is C=C/C(=C\N=Cn1c2ccccc2c2cc3ccn(-c4ccccc4)c3cc21)C1=CNCC=C1. The lowest BCUT2D eigenvalue weighted by Crippen LogP contribution is -2.09. The van der Waals surface area contributed by atoms with Crippen molar-refractivity contribution >= 4 is 39.0 Å². The molecule has 0 saturated heterocycles. The Morgan fingerprint density at radius 2 is 1.76 bits per heavy atom. The van der Waals surface area contributed by atoms with E-state index in [1.807, 2.05) is 30.9 Å². The van der Waals surface area contributed by atoms with Crippen LogP contribution in [0.1, 0.15) is 0 Å². The summed E-state index contributed by atoms with van der Waals surface area (Å²) in [7, 11) is 0. The summed E-state index contributed by atoms with van der Waals surface area (Å²) in [5, 5.41) is 6.89. The van der Waals surface area contributed by atoms with Gasteiger partial charge in [0.25, 0.3) is 0 Å². The van der Waals surface area contributed by atoms with Crippen LogP contribution in [-0.2, 0) is 0 Å². The van der Waals surface area contributed by atoms with Crippen molar-refractivity contribution in [3.63, 3.8) is 0 Å². The van der Waals surface area contributed by atoms with E-state index in [1.54, 1.807) is 0 Å². The van der Waals surface area contributed by atoms with E-state index >= 15 is 0 Å². The number of benzene rings is 3. The Hall–Kier alpha value is -4.57. The van der Waals surface area contributed by atoms with Gasteiger partial charge in [-0.15, -0.1) is 0 Å². The van der Waals surface area contributed by atoms with Gasteiger partial charge in [-0.05, 0) is 42.0 Å². The Bertz CT molecular complexity index is 1660. The van der Waals surface area contributed by atoms with Gasteiger partial charge in [0, 0.05) is 52.6 Å². The highest BCUT2D eigenvalue weighted by Crippen LogP contribution is 2.33. The van der Waals surface area contributed by atoms with Crippen LogP contribution in [0.3, 0.4) is 0 Å². The molecular formula is C30H24N4. The van der Waals surface area contributed by atoms with Gasteiger partial charge in [-0.3, -0.25) is 4.57 Å². The van der Waals surface area contributed by atoms with Crippen LogP contribution in [0, 0.1) is 0 Å². The number of aliphatic imine (C=N–C) groups is 1. The predicted octanol–water partition coefficient (Wildman–Crippen LogP) is 6.73. The van der Waals surface area contributed by atoms with E-state index in [-0.39, 0.29) is 0 Å². The van der Waals surface area contributed by atoms with Gasteiger partial charge >= 0.3 is 0 Å². The summed E-state index contributed by atoms with van der Waals surface area (Å²) in [4.78, 5) is 4.70. The minimum absolute atomic E-state index is 0.845. The number of para-hydroxylation sites is 2. The van der Waals surface area contributed by atoms with Gasteiger partial charge in [-0.1, -0.05) is 61.2 Å². The van der Waals surface area contributed by atoms with Crippen molar-refractivity contribution in [3.8, 4) is 5.69 Å². The molecule has 1 aliphatic heterocycles. The second-order valence-corrected chi connectivity index (χ2v) is 8.30. The third-order valence-electron chi connectivity index (χ3n) is 6.30. The molecule has 6 rings (SSSR count). The fraction of sp³-hybridized carbons (Fsp3) is 0.0333. The number of nitrogens with zero attached hydrogens (tertiary/aromatic N) is 3. The van der Waals surface area contributed by atoms with Crippen molar-refractivity contribution in [1.82, 2.24) is 14.5 Å². The van der Waals surface area contributed by atoms with Gasteiger partial charge in [0.1, 0.15) is 0 Å². The number of aromatic nitrogens is 2. The van der Waals surface area contributed by atoms with Crippen molar-refractivity contribution in [2.75, 3.05) is 6.54 Å². The Morgan fingerprint density at radius 1 is 0.912 bits per heavy atom. The zero-order valence-corrected chi connectivity index (χ0v) is 18.7. The van der Waals surface area contributed by atoms with Crippen LogP contribution < -0.4 is 5.32 Å². The number of hydrogen-bond acceptors (Lipinski definition) is 2. The number of dihydropyridines is 1. The molecule has 0 radical (unpaired) electrons. The molecule has 0 unspecified atom stereocenters. The summed E-state index contributed by atoms with van der Waals surface area (Å²) >= 11 is 0. The maximum atomic E-state index is 4.70. The highest BCUT2D eigenvalue weighted by Gasteiger charge is 2.13. The van der Waals surface area contributed by atoms with Crippen molar-refractivity contribution < 1.29 is 0 Å². The van der Waals surface area contributed by atoms with E-state index in [9.17, 15) is 0 Å². The van der Waals surface area contributed by atoms with Crippen molar-refractivity contribution in [1.29, 1.82) is 0 Å². The third kappa shape index (κ3) is 3.37. The molecule has 34 heavy (non-hydrogen) atoms. The smallest absolute Gasteiger partial charge is 0.0996 e. The molecule has 0 aliphatic carbocycles. The lowest BCUT2D eigenvalue weighted by Gasteiger charge is -2.08. The van der Waals surface area contributed by atoms with Gasteiger partial charge in [-0.25, -0.2) is 4.99 Å². The molecule has 3 aromatic carbocycles. The Morgan fingerprint density at radius 3 is 2.59 bits per heavy atom. The molecule has 0 saturated carbocycles. The largest absolute Gasteiger partial charge is 0.387 e. The van der Waals surface area contributed by atoms with E-state index < -0.39 is 0 Å². The van der Waals surface area contributed by atoms with E-state index in [1.165, 1.54) is 21.7 Å². The molecule has 0 bridgehead atoms. The summed E-state index contributed by atoms with van der Waals surface area (Å²) in [5.74, 6) is 0. The first-order chi connectivity index (χ1) is 16.8. The number of hydrogen-bond donors (Lipinski definition) is 1. The average molecular weight is 441 g/mol. The maximum absolute atomic E-state index is 4.70. The molecule has 1 N–H and O–H groups in total.